The largest absolute Gasteiger partial charge is 0.480 e. The highest BCUT2D eigenvalue weighted by Gasteiger charge is 2.22. The normalized spacial score (nSPS) is 21.6. The summed E-state index contributed by atoms with van der Waals surface area (Å²) in [4.78, 5) is 26.4. The van der Waals surface area contributed by atoms with Gasteiger partial charge in [0.1, 0.15) is 0 Å². The number of carboxylic acids is 1. The quantitative estimate of drug-likeness (QED) is 0.783. The summed E-state index contributed by atoms with van der Waals surface area (Å²) in [6.45, 7) is 3.57. The maximum absolute atomic E-state index is 12.0. The molecular formula is C13H23N3O3. The van der Waals surface area contributed by atoms with Crippen molar-refractivity contribution in [2.24, 2.45) is 5.92 Å². The maximum atomic E-state index is 12.0. The number of carbonyl (C=O) groups excluding carboxylic acids is 1. The van der Waals surface area contributed by atoms with Crippen LogP contribution in [0, 0.1) is 5.92 Å². The third-order valence-corrected chi connectivity index (χ3v) is 4.00. The molecule has 1 aliphatic heterocycles. The first-order chi connectivity index (χ1) is 9.15. The molecule has 0 bridgehead atoms. The van der Waals surface area contributed by atoms with Crippen molar-refractivity contribution in [2.45, 2.75) is 25.7 Å². The van der Waals surface area contributed by atoms with Crippen molar-refractivity contribution in [3.8, 4) is 0 Å². The Morgan fingerprint density at radius 3 is 2.53 bits per heavy atom. The van der Waals surface area contributed by atoms with Gasteiger partial charge in [0.15, 0.2) is 0 Å². The van der Waals surface area contributed by atoms with Crippen molar-refractivity contribution in [3.05, 3.63) is 0 Å². The molecular weight excluding hydrogens is 246 g/mol. The van der Waals surface area contributed by atoms with E-state index < -0.39 is 5.97 Å². The van der Waals surface area contributed by atoms with Crippen LogP contribution in [-0.4, -0.2) is 66.2 Å². The van der Waals surface area contributed by atoms with E-state index in [0.717, 1.165) is 19.5 Å². The molecule has 108 valence electrons. The zero-order valence-corrected chi connectivity index (χ0v) is 11.3. The van der Waals surface area contributed by atoms with Crippen molar-refractivity contribution in [3.63, 3.8) is 0 Å². The van der Waals surface area contributed by atoms with E-state index in [0.29, 0.717) is 25.6 Å². The Hall–Kier alpha value is -1.30. The first-order valence-electron chi connectivity index (χ1n) is 7.12. The zero-order valence-electron chi connectivity index (χ0n) is 11.3. The van der Waals surface area contributed by atoms with E-state index in [9.17, 15) is 9.59 Å². The van der Waals surface area contributed by atoms with Crippen LogP contribution in [0.15, 0.2) is 0 Å². The van der Waals surface area contributed by atoms with Crippen LogP contribution in [0.2, 0.25) is 0 Å². The van der Waals surface area contributed by atoms with E-state index in [4.69, 9.17) is 5.11 Å². The average molecular weight is 269 g/mol. The molecule has 6 nitrogen and oxygen atoms in total. The second kappa shape index (κ2) is 6.75. The molecule has 2 N–H and O–H groups in total. The van der Waals surface area contributed by atoms with Crippen LogP contribution < -0.4 is 5.32 Å². The predicted octanol–water partition coefficient (Wildman–Crippen LogP) is 0.588. The summed E-state index contributed by atoms with van der Waals surface area (Å²) in [5.74, 6) is -0.137. The van der Waals surface area contributed by atoms with Crippen LogP contribution in [-0.2, 0) is 4.79 Å². The van der Waals surface area contributed by atoms with Gasteiger partial charge in [0.25, 0.3) is 0 Å². The first kappa shape index (κ1) is 14.1. The molecule has 0 radical (unpaired) electrons. The average Bonchev–Trinajstić information content (AvgIpc) is 2.51. The summed E-state index contributed by atoms with van der Waals surface area (Å²) in [6, 6.07) is 0.00377. The molecule has 1 saturated carbocycles. The van der Waals surface area contributed by atoms with Crippen LogP contribution in [0.4, 0.5) is 4.79 Å². The summed E-state index contributed by atoms with van der Waals surface area (Å²) >= 11 is 0. The summed E-state index contributed by atoms with van der Waals surface area (Å²) in [7, 11) is 0. The summed E-state index contributed by atoms with van der Waals surface area (Å²) in [6.07, 6.45) is 4.58. The Balaban J connectivity index is 1.71. The molecule has 6 heteroatoms. The fraction of sp³-hybridized carbons (Fsp3) is 0.846. The lowest BCUT2D eigenvalue weighted by Gasteiger charge is -2.27. The van der Waals surface area contributed by atoms with Gasteiger partial charge in [0.2, 0.25) is 0 Å². The fourth-order valence-corrected chi connectivity index (χ4v) is 2.56. The molecule has 2 rings (SSSR count). The van der Waals surface area contributed by atoms with Crippen molar-refractivity contribution < 1.29 is 14.7 Å². The number of urea groups is 1. The molecule has 0 spiro atoms. The lowest BCUT2D eigenvalue weighted by atomic mass is 9.85. The lowest BCUT2D eigenvalue weighted by Crippen LogP contribution is -2.44. The predicted molar refractivity (Wildman–Crippen MR) is 71.0 cm³/mol. The number of amides is 2. The molecule has 0 aromatic heterocycles. The van der Waals surface area contributed by atoms with Gasteiger partial charge < -0.3 is 15.3 Å². The van der Waals surface area contributed by atoms with E-state index in [1.54, 1.807) is 4.90 Å². The first-order valence-corrected chi connectivity index (χ1v) is 7.12. The van der Waals surface area contributed by atoms with Crippen molar-refractivity contribution in [1.29, 1.82) is 0 Å². The van der Waals surface area contributed by atoms with Gasteiger partial charge >= 0.3 is 12.0 Å². The molecule has 1 heterocycles. The minimum atomic E-state index is -0.803. The molecule has 0 unspecified atom stereocenters. The number of rotatable bonds is 4. The van der Waals surface area contributed by atoms with Crippen LogP contribution >= 0.6 is 0 Å². The topological polar surface area (TPSA) is 72.9 Å². The highest BCUT2D eigenvalue weighted by molar-refractivity contribution is 5.74. The van der Waals surface area contributed by atoms with Gasteiger partial charge in [-0.3, -0.25) is 9.69 Å². The zero-order chi connectivity index (χ0) is 13.7. The second-order valence-corrected chi connectivity index (χ2v) is 5.49. The number of nitrogens with one attached hydrogen (secondary N) is 1. The smallest absolute Gasteiger partial charge is 0.317 e. The number of aliphatic carboxylic acids is 1. The molecule has 2 amide bonds. The maximum Gasteiger partial charge on any atom is 0.317 e. The molecule has 1 aliphatic carbocycles. The summed E-state index contributed by atoms with van der Waals surface area (Å²) in [5, 5.41) is 11.8. The van der Waals surface area contributed by atoms with Gasteiger partial charge in [-0.25, -0.2) is 4.79 Å². The van der Waals surface area contributed by atoms with Gasteiger partial charge in [-0.15, -0.1) is 0 Å². The third-order valence-electron chi connectivity index (χ3n) is 4.00. The number of nitrogens with zero attached hydrogens (tertiary/aromatic N) is 2. The van der Waals surface area contributed by atoms with Gasteiger partial charge in [0, 0.05) is 32.7 Å². The highest BCUT2D eigenvalue weighted by atomic mass is 16.4. The monoisotopic (exact) mass is 269 g/mol. The molecule has 1 saturated heterocycles. The third kappa shape index (κ3) is 4.38. The van der Waals surface area contributed by atoms with Crippen molar-refractivity contribution in [1.82, 2.24) is 15.1 Å². The van der Waals surface area contributed by atoms with Gasteiger partial charge in [-0.2, -0.15) is 0 Å². The van der Waals surface area contributed by atoms with Crippen LogP contribution in [0.25, 0.3) is 0 Å². The molecule has 0 atom stereocenters. The van der Waals surface area contributed by atoms with E-state index >= 15 is 0 Å². The number of carboxylic acid groups (broad SMARTS) is 1. The van der Waals surface area contributed by atoms with E-state index in [-0.39, 0.29) is 12.6 Å². The molecule has 0 aromatic rings. The van der Waals surface area contributed by atoms with E-state index in [1.165, 1.54) is 19.3 Å². The van der Waals surface area contributed by atoms with Crippen LogP contribution in [0.5, 0.6) is 0 Å². The Morgan fingerprint density at radius 1 is 1.11 bits per heavy atom. The van der Waals surface area contributed by atoms with Crippen LogP contribution in [0.1, 0.15) is 25.7 Å². The number of carbonyl (C=O) groups is 2. The Labute approximate surface area is 113 Å². The SMILES string of the molecule is O=C(O)CN1CCCN(C(=O)NCC2CCC2)CC1. The van der Waals surface area contributed by atoms with Gasteiger partial charge in [-0.05, 0) is 25.2 Å². The van der Waals surface area contributed by atoms with Crippen molar-refractivity contribution >= 4 is 12.0 Å². The van der Waals surface area contributed by atoms with Crippen molar-refractivity contribution in [2.75, 3.05) is 39.3 Å². The molecule has 19 heavy (non-hydrogen) atoms. The molecule has 2 aliphatic rings. The highest BCUT2D eigenvalue weighted by Crippen LogP contribution is 2.25. The fourth-order valence-electron chi connectivity index (χ4n) is 2.56. The number of hydrogen-bond donors (Lipinski definition) is 2. The Morgan fingerprint density at radius 2 is 1.89 bits per heavy atom. The second-order valence-electron chi connectivity index (χ2n) is 5.49. The Bertz CT molecular complexity index is 331. The van der Waals surface area contributed by atoms with Crippen LogP contribution in [0.3, 0.4) is 0 Å². The lowest BCUT2D eigenvalue weighted by molar-refractivity contribution is -0.138. The molecule has 0 aromatic carbocycles. The van der Waals surface area contributed by atoms with Gasteiger partial charge in [-0.1, -0.05) is 6.42 Å². The standard InChI is InChI=1S/C13H23N3O3/c17-12(18)10-15-5-2-6-16(8-7-15)13(19)14-9-11-3-1-4-11/h11H,1-10H2,(H,14,19)(H,17,18). The minimum Gasteiger partial charge on any atom is -0.480 e. The van der Waals surface area contributed by atoms with Gasteiger partial charge in [0.05, 0.1) is 6.54 Å². The summed E-state index contributed by atoms with van der Waals surface area (Å²) in [5.41, 5.74) is 0. The summed E-state index contributed by atoms with van der Waals surface area (Å²) < 4.78 is 0. The number of hydrogen-bond acceptors (Lipinski definition) is 3. The van der Waals surface area contributed by atoms with E-state index in [1.807, 2.05) is 4.90 Å². The minimum absolute atomic E-state index is 0.00377. The van der Waals surface area contributed by atoms with E-state index in [2.05, 4.69) is 5.32 Å². The molecule has 2 fully saturated rings. The Kier molecular flexibility index (Phi) is 5.01.